The molecule has 2 heterocycles. The predicted molar refractivity (Wildman–Crippen MR) is 46.7 cm³/mol. The molecule has 2 fully saturated rings. The van der Waals surface area contributed by atoms with Crippen molar-refractivity contribution in [3.63, 3.8) is 0 Å². The summed E-state index contributed by atoms with van der Waals surface area (Å²) in [6.07, 6.45) is -3.33. The molecule has 2 aliphatic heterocycles. The van der Waals surface area contributed by atoms with E-state index in [-0.39, 0.29) is 6.10 Å². The van der Waals surface area contributed by atoms with Gasteiger partial charge in [0.25, 0.3) is 0 Å². The van der Waals surface area contributed by atoms with Crippen molar-refractivity contribution in [2.24, 2.45) is 0 Å². The summed E-state index contributed by atoms with van der Waals surface area (Å²) in [4.78, 5) is 0. The third kappa shape index (κ3) is 1.36. The van der Waals surface area contributed by atoms with Crippen molar-refractivity contribution >= 4 is 21.6 Å². The average molecular weight is 210 g/mol. The lowest BCUT2D eigenvalue weighted by molar-refractivity contribution is -0.191. The standard InChI is InChI=1S/C6H10O4S2/c7-3-2-1-11-12-6(10-2)5(9)4(3)8/h2-9H,1H2/t2?,3-,4?,5?,6+/m1/s1. The van der Waals surface area contributed by atoms with Crippen molar-refractivity contribution in [2.45, 2.75) is 29.9 Å². The van der Waals surface area contributed by atoms with E-state index in [4.69, 9.17) is 4.74 Å². The molecule has 0 aliphatic carbocycles. The fraction of sp³-hybridized carbons (Fsp3) is 1.00. The van der Waals surface area contributed by atoms with Crippen molar-refractivity contribution in [3.05, 3.63) is 0 Å². The van der Waals surface area contributed by atoms with E-state index in [9.17, 15) is 15.3 Å². The van der Waals surface area contributed by atoms with Gasteiger partial charge in [-0.15, -0.1) is 0 Å². The molecule has 2 aliphatic rings. The van der Waals surface area contributed by atoms with Crippen molar-refractivity contribution in [3.8, 4) is 0 Å². The maximum absolute atomic E-state index is 9.40. The minimum Gasteiger partial charge on any atom is -0.388 e. The summed E-state index contributed by atoms with van der Waals surface area (Å²) < 4.78 is 5.30. The maximum atomic E-state index is 9.40. The number of fused-ring (bicyclic) bond motifs is 2. The van der Waals surface area contributed by atoms with Crippen LogP contribution in [0.5, 0.6) is 0 Å². The van der Waals surface area contributed by atoms with Gasteiger partial charge in [0.15, 0.2) is 0 Å². The zero-order chi connectivity index (χ0) is 8.72. The van der Waals surface area contributed by atoms with Crippen LogP contribution >= 0.6 is 21.6 Å². The van der Waals surface area contributed by atoms with E-state index in [1.54, 1.807) is 10.8 Å². The Labute approximate surface area is 77.7 Å². The molecule has 2 saturated heterocycles. The minimum absolute atomic E-state index is 0.334. The largest absolute Gasteiger partial charge is 0.388 e. The number of ether oxygens (including phenoxy) is 1. The van der Waals surface area contributed by atoms with Gasteiger partial charge in [-0.3, -0.25) is 0 Å². The van der Waals surface area contributed by atoms with Crippen LogP contribution in [-0.2, 0) is 4.74 Å². The van der Waals surface area contributed by atoms with Gasteiger partial charge in [-0.25, -0.2) is 0 Å². The quantitative estimate of drug-likeness (QED) is 0.454. The summed E-state index contributed by atoms with van der Waals surface area (Å²) in [7, 11) is 2.96. The van der Waals surface area contributed by atoms with Crippen molar-refractivity contribution in [1.29, 1.82) is 0 Å². The molecule has 0 radical (unpaired) electrons. The van der Waals surface area contributed by atoms with E-state index in [1.165, 1.54) is 10.8 Å². The lowest BCUT2D eigenvalue weighted by Crippen LogP contribution is -2.58. The Morgan fingerprint density at radius 3 is 2.58 bits per heavy atom. The maximum Gasteiger partial charge on any atom is 0.142 e. The van der Waals surface area contributed by atoms with E-state index < -0.39 is 23.7 Å². The number of hydrogen-bond acceptors (Lipinski definition) is 6. The second-order valence-electron chi connectivity index (χ2n) is 2.90. The first-order valence-electron chi connectivity index (χ1n) is 3.68. The Bertz CT molecular complexity index is 151. The second kappa shape index (κ2) is 3.36. The molecule has 0 amide bonds. The van der Waals surface area contributed by atoms with E-state index in [0.29, 0.717) is 5.75 Å². The fourth-order valence-electron chi connectivity index (χ4n) is 1.31. The van der Waals surface area contributed by atoms with E-state index in [2.05, 4.69) is 0 Å². The van der Waals surface area contributed by atoms with Gasteiger partial charge in [0.2, 0.25) is 0 Å². The van der Waals surface area contributed by atoms with Gasteiger partial charge in [-0.2, -0.15) is 0 Å². The highest BCUT2D eigenvalue weighted by atomic mass is 33.1. The van der Waals surface area contributed by atoms with Crippen LogP contribution in [0.4, 0.5) is 0 Å². The summed E-state index contributed by atoms with van der Waals surface area (Å²) in [5, 5.41) is 28.1. The minimum atomic E-state index is -1.07. The summed E-state index contributed by atoms with van der Waals surface area (Å²) >= 11 is 0. The summed E-state index contributed by atoms with van der Waals surface area (Å²) in [6, 6.07) is 0. The molecule has 2 bridgehead atoms. The van der Waals surface area contributed by atoms with Crippen LogP contribution in [0.2, 0.25) is 0 Å². The zero-order valence-corrected chi connectivity index (χ0v) is 7.79. The number of rotatable bonds is 0. The molecule has 70 valence electrons. The molecular weight excluding hydrogens is 200 g/mol. The van der Waals surface area contributed by atoms with Crippen molar-refractivity contribution in [2.75, 3.05) is 5.75 Å². The third-order valence-corrected chi connectivity index (χ3v) is 4.63. The highest BCUT2D eigenvalue weighted by Gasteiger charge is 2.46. The lowest BCUT2D eigenvalue weighted by Gasteiger charge is -2.42. The Morgan fingerprint density at radius 2 is 1.83 bits per heavy atom. The van der Waals surface area contributed by atoms with E-state index in [1.807, 2.05) is 0 Å². The molecule has 6 heteroatoms. The average Bonchev–Trinajstić information content (AvgIpc) is 2.13. The van der Waals surface area contributed by atoms with Gasteiger partial charge in [-0.1, -0.05) is 21.6 Å². The summed E-state index contributed by atoms with van der Waals surface area (Å²) in [5.41, 5.74) is -0.396. The van der Waals surface area contributed by atoms with E-state index in [0.717, 1.165) is 0 Å². The molecule has 0 aromatic carbocycles. The molecule has 2 rings (SSSR count). The first-order chi connectivity index (χ1) is 5.70. The monoisotopic (exact) mass is 210 g/mol. The molecule has 4 nitrogen and oxygen atoms in total. The molecule has 0 aromatic heterocycles. The number of aliphatic hydroxyl groups is 3. The molecule has 3 unspecified atom stereocenters. The topological polar surface area (TPSA) is 69.9 Å². The number of hydrogen-bond donors (Lipinski definition) is 3. The molecule has 0 spiro atoms. The van der Waals surface area contributed by atoms with Gasteiger partial charge in [0.1, 0.15) is 23.7 Å². The Morgan fingerprint density at radius 1 is 1.08 bits per heavy atom. The summed E-state index contributed by atoms with van der Waals surface area (Å²) in [6.45, 7) is 0. The smallest absolute Gasteiger partial charge is 0.142 e. The molecule has 12 heavy (non-hydrogen) atoms. The number of aliphatic hydroxyl groups excluding tert-OH is 3. The first kappa shape index (κ1) is 9.11. The van der Waals surface area contributed by atoms with Crippen LogP contribution in [0.3, 0.4) is 0 Å². The van der Waals surface area contributed by atoms with Crippen molar-refractivity contribution < 1.29 is 20.1 Å². The Kier molecular flexibility index (Phi) is 2.55. The molecule has 3 N–H and O–H groups in total. The van der Waals surface area contributed by atoms with Gasteiger partial charge >= 0.3 is 0 Å². The zero-order valence-electron chi connectivity index (χ0n) is 6.16. The normalized spacial score (nSPS) is 53.8. The predicted octanol–water partition coefficient (Wildman–Crippen LogP) is -0.811. The van der Waals surface area contributed by atoms with Gasteiger partial charge in [0.05, 0.1) is 6.10 Å². The molecule has 5 atom stereocenters. The molecule has 0 aromatic rings. The lowest BCUT2D eigenvalue weighted by atomic mass is 10.0. The van der Waals surface area contributed by atoms with Gasteiger partial charge < -0.3 is 20.1 Å². The van der Waals surface area contributed by atoms with Crippen molar-refractivity contribution in [1.82, 2.24) is 0 Å². The SMILES string of the molecule is OC1C(O)[C@H]2OC(CSS2)[C@H]1O. The van der Waals surface area contributed by atoms with Crippen LogP contribution in [-0.4, -0.2) is 50.9 Å². The Balaban J connectivity index is 2.13. The second-order valence-corrected chi connectivity index (χ2v) is 5.41. The van der Waals surface area contributed by atoms with Gasteiger partial charge in [0, 0.05) is 5.75 Å². The van der Waals surface area contributed by atoms with E-state index >= 15 is 0 Å². The van der Waals surface area contributed by atoms with Crippen LogP contribution in [0.15, 0.2) is 0 Å². The summed E-state index contributed by atoms with van der Waals surface area (Å²) in [5.74, 6) is 0.659. The molecule has 0 saturated carbocycles. The first-order valence-corrected chi connectivity index (χ1v) is 6.06. The molecular formula is C6H10O4S2. The van der Waals surface area contributed by atoms with Crippen LogP contribution in [0.1, 0.15) is 0 Å². The highest BCUT2D eigenvalue weighted by molar-refractivity contribution is 8.77. The fourth-order valence-corrected chi connectivity index (χ4v) is 3.91. The van der Waals surface area contributed by atoms with Crippen LogP contribution in [0.25, 0.3) is 0 Å². The van der Waals surface area contributed by atoms with Crippen LogP contribution < -0.4 is 0 Å². The third-order valence-electron chi connectivity index (χ3n) is 2.06. The van der Waals surface area contributed by atoms with Gasteiger partial charge in [-0.05, 0) is 0 Å². The Hall–Kier alpha value is 0.540. The highest BCUT2D eigenvalue weighted by Crippen LogP contribution is 2.41. The van der Waals surface area contributed by atoms with Crippen LogP contribution in [0, 0.1) is 0 Å².